The Morgan fingerprint density at radius 1 is 1.30 bits per heavy atom. The number of anilines is 1. The van der Waals surface area contributed by atoms with Crippen LogP contribution in [-0.4, -0.2) is 34.2 Å². The molecule has 1 atom stereocenters. The van der Waals surface area contributed by atoms with E-state index in [1.807, 2.05) is 24.3 Å². The maximum Gasteiger partial charge on any atom is 0.228 e. The average molecular weight is 334 g/mol. The van der Waals surface area contributed by atoms with E-state index >= 15 is 0 Å². The van der Waals surface area contributed by atoms with Crippen molar-refractivity contribution in [2.24, 2.45) is 11.3 Å². The summed E-state index contributed by atoms with van der Waals surface area (Å²) in [6, 6.07) is 7.70. The molecule has 1 aliphatic heterocycles. The molecule has 2 fully saturated rings. The van der Waals surface area contributed by atoms with Gasteiger partial charge in [-0.1, -0.05) is 12.1 Å². The van der Waals surface area contributed by atoms with Crippen LogP contribution in [-0.2, 0) is 4.79 Å². The summed E-state index contributed by atoms with van der Waals surface area (Å²) in [7, 11) is 0. The highest BCUT2D eigenvalue weighted by Crippen LogP contribution is 2.58. The van der Waals surface area contributed by atoms with E-state index in [2.05, 4.69) is 25.8 Å². The molecule has 6 nitrogen and oxygen atoms in total. The van der Waals surface area contributed by atoms with Crippen molar-refractivity contribution in [2.45, 2.75) is 19.3 Å². The van der Waals surface area contributed by atoms with Gasteiger partial charge in [-0.25, -0.2) is 4.98 Å². The molecule has 2 heterocycles. The zero-order valence-electron chi connectivity index (χ0n) is 12.7. The molecule has 1 spiro atoms. The third kappa shape index (κ3) is 3.09. The van der Waals surface area contributed by atoms with E-state index in [1.54, 1.807) is 0 Å². The molecule has 1 unspecified atom stereocenters. The molecule has 1 saturated heterocycles. The molecule has 3 N–H and O–H groups in total. The first-order valence-corrected chi connectivity index (χ1v) is 7.74. The van der Waals surface area contributed by atoms with Gasteiger partial charge in [0.15, 0.2) is 5.82 Å². The van der Waals surface area contributed by atoms with Crippen LogP contribution in [0.5, 0.6) is 0 Å². The van der Waals surface area contributed by atoms with Gasteiger partial charge in [0.25, 0.3) is 0 Å². The summed E-state index contributed by atoms with van der Waals surface area (Å²) in [4.78, 5) is 16.6. The van der Waals surface area contributed by atoms with Crippen molar-refractivity contribution in [1.82, 2.24) is 20.5 Å². The molecular weight excluding hydrogens is 314 g/mol. The van der Waals surface area contributed by atoms with Gasteiger partial charge in [-0.2, -0.15) is 5.10 Å². The Kier molecular flexibility index (Phi) is 4.37. The maximum absolute atomic E-state index is 12.5. The molecule has 0 radical (unpaired) electrons. The van der Waals surface area contributed by atoms with Crippen molar-refractivity contribution in [1.29, 1.82) is 0 Å². The molecule has 122 valence electrons. The van der Waals surface area contributed by atoms with Gasteiger partial charge in [-0.05, 0) is 49.9 Å². The number of carbonyl (C=O) groups excluding carboxylic acids is 1. The Hall–Kier alpha value is -1.92. The third-order valence-corrected chi connectivity index (χ3v) is 4.92. The van der Waals surface area contributed by atoms with Gasteiger partial charge in [0, 0.05) is 17.2 Å². The molecule has 1 aromatic carbocycles. The normalized spacial score (nSPS) is 21.5. The lowest BCUT2D eigenvalue weighted by Gasteiger charge is -2.23. The van der Waals surface area contributed by atoms with Gasteiger partial charge in [0.05, 0.1) is 0 Å². The number of hydrogen-bond donors (Lipinski definition) is 3. The molecule has 0 bridgehead atoms. The quantitative estimate of drug-likeness (QED) is 0.804. The van der Waals surface area contributed by atoms with E-state index in [0.717, 1.165) is 43.6 Å². The number of rotatable bonds is 3. The smallest absolute Gasteiger partial charge is 0.228 e. The number of carbonyl (C=O) groups is 1. The molecule has 2 aromatic rings. The second-order valence-electron chi connectivity index (χ2n) is 6.27. The number of H-pyrrole nitrogens is 1. The fraction of sp³-hybridized carbons (Fsp3) is 0.438. The number of aromatic amines is 1. The van der Waals surface area contributed by atoms with Crippen LogP contribution in [0, 0.1) is 11.3 Å². The van der Waals surface area contributed by atoms with E-state index in [0.29, 0.717) is 5.82 Å². The van der Waals surface area contributed by atoms with Crippen molar-refractivity contribution >= 4 is 24.0 Å². The van der Waals surface area contributed by atoms with Crippen LogP contribution in [0.25, 0.3) is 11.4 Å². The Balaban J connectivity index is 0.00000156. The lowest BCUT2D eigenvalue weighted by Crippen LogP contribution is -2.31. The predicted molar refractivity (Wildman–Crippen MR) is 90.3 cm³/mol. The standard InChI is InChI=1S/C16H19N5O.ClH/c22-15(13-9-16(13)4-6-17-7-5-16)20-12-3-1-2-11(8-12)14-18-10-19-21-14;/h1-3,8,10,13,17H,4-7,9H2,(H,20,22)(H,18,19,21);1H. The number of nitrogens with one attached hydrogen (secondary N) is 3. The van der Waals surface area contributed by atoms with E-state index < -0.39 is 0 Å². The second kappa shape index (κ2) is 6.29. The fourth-order valence-electron chi connectivity index (χ4n) is 3.51. The summed E-state index contributed by atoms with van der Waals surface area (Å²) in [6.07, 6.45) is 4.74. The maximum atomic E-state index is 12.5. The largest absolute Gasteiger partial charge is 0.326 e. The fourth-order valence-corrected chi connectivity index (χ4v) is 3.51. The van der Waals surface area contributed by atoms with Crippen LogP contribution in [0.1, 0.15) is 19.3 Å². The summed E-state index contributed by atoms with van der Waals surface area (Å²) < 4.78 is 0. The minimum absolute atomic E-state index is 0. The van der Waals surface area contributed by atoms with E-state index in [4.69, 9.17) is 0 Å². The first-order valence-electron chi connectivity index (χ1n) is 7.74. The highest BCUT2D eigenvalue weighted by molar-refractivity contribution is 5.95. The number of hydrogen-bond acceptors (Lipinski definition) is 4. The number of piperidine rings is 1. The Morgan fingerprint density at radius 2 is 2.13 bits per heavy atom. The monoisotopic (exact) mass is 333 g/mol. The Morgan fingerprint density at radius 3 is 2.87 bits per heavy atom. The van der Waals surface area contributed by atoms with Gasteiger partial charge in [0.2, 0.25) is 5.91 Å². The predicted octanol–water partition coefficient (Wildman–Crippen LogP) is 2.22. The summed E-state index contributed by atoms with van der Waals surface area (Å²) in [5.74, 6) is 1.03. The van der Waals surface area contributed by atoms with Crippen molar-refractivity contribution in [2.75, 3.05) is 18.4 Å². The Bertz CT molecular complexity index is 682. The van der Waals surface area contributed by atoms with E-state index in [1.165, 1.54) is 6.33 Å². The van der Waals surface area contributed by atoms with Gasteiger partial charge in [-0.15, -0.1) is 12.4 Å². The van der Waals surface area contributed by atoms with Crippen LogP contribution >= 0.6 is 12.4 Å². The number of amides is 1. The highest BCUT2D eigenvalue weighted by Gasteiger charge is 2.57. The Labute approximate surface area is 140 Å². The minimum Gasteiger partial charge on any atom is -0.326 e. The zero-order valence-corrected chi connectivity index (χ0v) is 13.5. The van der Waals surface area contributed by atoms with Gasteiger partial charge in [0.1, 0.15) is 6.33 Å². The molecule has 1 aromatic heterocycles. The molecule has 1 saturated carbocycles. The van der Waals surface area contributed by atoms with Crippen molar-refractivity contribution in [3.05, 3.63) is 30.6 Å². The third-order valence-electron chi connectivity index (χ3n) is 4.92. The van der Waals surface area contributed by atoms with Crippen molar-refractivity contribution in [3.63, 3.8) is 0 Å². The summed E-state index contributed by atoms with van der Waals surface area (Å²) in [6.45, 7) is 2.06. The minimum atomic E-state index is 0. The summed E-state index contributed by atoms with van der Waals surface area (Å²) in [5, 5.41) is 13.1. The number of benzene rings is 1. The topological polar surface area (TPSA) is 82.7 Å². The first kappa shape index (κ1) is 16.0. The molecule has 23 heavy (non-hydrogen) atoms. The molecule has 7 heteroatoms. The average Bonchev–Trinajstić information content (AvgIpc) is 3.00. The molecule has 1 aliphatic carbocycles. The van der Waals surface area contributed by atoms with E-state index in [9.17, 15) is 4.79 Å². The summed E-state index contributed by atoms with van der Waals surface area (Å²) in [5.41, 5.74) is 2.00. The summed E-state index contributed by atoms with van der Waals surface area (Å²) >= 11 is 0. The van der Waals surface area contributed by atoms with Crippen molar-refractivity contribution in [3.8, 4) is 11.4 Å². The first-order chi connectivity index (χ1) is 10.8. The van der Waals surface area contributed by atoms with Gasteiger partial charge < -0.3 is 10.6 Å². The van der Waals surface area contributed by atoms with Crippen LogP contribution in [0.3, 0.4) is 0 Å². The molecule has 1 amide bonds. The van der Waals surface area contributed by atoms with Crippen LogP contribution in [0.2, 0.25) is 0 Å². The number of nitrogens with zero attached hydrogens (tertiary/aromatic N) is 2. The molecule has 2 aliphatic rings. The molecular formula is C16H20ClN5O. The van der Waals surface area contributed by atoms with Crippen molar-refractivity contribution < 1.29 is 4.79 Å². The van der Waals surface area contributed by atoms with Crippen LogP contribution < -0.4 is 10.6 Å². The lowest BCUT2D eigenvalue weighted by molar-refractivity contribution is -0.118. The van der Waals surface area contributed by atoms with Crippen LogP contribution in [0.15, 0.2) is 30.6 Å². The molecule has 4 rings (SSSR count). The zero-order chi connectivity index (χ0) is 15.0. The van der Waals surface area contributed by atoms with E-state index in [-0.39, 0.29) is 29.6 Å². The van der Waals surface area contributed by atoms with Crippen LogP contribution in [0.4, 0.5) is 5.69 Å². The second-order valence-corrected chi connectivity index (χ2v) is 6.27. The number of halogens is 1. The van der Waals surface area contributed by atoms with Gasteiger partial charge >= 0.3 is 0 Å². The SMILES string of the molecule is Cl.O=C(Nc1cccc(-c2ncn[nH]2)c1)C1CC12CCNCC2. The number of aromatic nitrogens is 3. The lowest BCUT2D eigenvalue weighted by atomic mass is 9.92. The highest BCUT2D eigenvalue weighted by atomic mass is 35.5. The van der Waals surface area contributed by atoms with Gasteiger partial charge in [-0.3, -0.25) is 9.89 Å².